The highest BCUT2D eigenvalue weighted by atomic mass is 16.7. The molecular formula is C15H18N2O9. The van der Waals surface area contributed by atoms with Crippen molar-refractivity contribution in [2.24, 2.45) is 0 Å². The molecule has 11 nitrogen and oxygen atoms in total. The van der Waals surface area contributed by atoms with Crippen LogP contribution in [0, 0.1) is 0 Å². The zero-order valence-electron chi connectivity index (χ0n) is 14.3. The standard InChI is InChI=1S/C15H18N2O9/c1-7(18)23-6-10-12(24-8(2)19)13(25-9(3)20)14(26-10)17-5-4-11(21)16-15(17)22/h4-5,10,12-14H,6H2,1-3H3,(H,16,21,22)/t10-,12?,13?,14-/m0/s1. The smallest absolute Gasteiger partial charge is 0.330 e. The molecule has 142 valence electrons. The summed E-state index contributed by atoms with van der Waals surface area (Å²) in [6.07, 6.45) is -3.36. The Morgan fingerprint density at radius 2 is 1.69 bits per heavy atom. The van der Waals surface area contributed by atoms with E-state index in [4.69, 9.17) is 18.9 Å². The summed E-state index contributed by atoms with van der Waals surface area (Å²) in [6, 6.07) is 1.08. The Bertz CT molecular complexity index is 812. The van der Waals surface area contributed by atoms with E-state index in [2.05, 4.69) is 0 Å². The predicted molar refractivity (Wildman–Crippen MR) is 83.0 cm³/mol. The molecule has 0 amide bonds. The van der Waals surface area contributed by atoms with Crippen molar-refractivity contribution in [3.05, 3.63) is 33.1 Å². The fourth-order valence-electron chi connectivity index (χ4n) is 2.54. The molecule has 11 heteroatoms. The Balaban J connectivity index is 2.41. The average Bonchev–Trinajstić information content (AvgIpc) is 2.82. The van der Waals surface area contributed by atoms with Gasteiger partial charge in [0.2, 0.25) is 0 Å². The van der Waals surface area contributed by atoms with E-state index >= 15 is 0 Å². The van der Waals surface area contributed by atoms with Gasteiger partial charge < -0.3 is 18.9 Å². The number of aromatic nitrogens is 2. The van der Waals surface area contributed by atoms with E-state index in [0.717, 1.165) is 30.7 Å². The van der Waals surface area contributed by atoms with Crippen molar-refractivity contribution in [2.45, 2.75) is 45.3 Å². The second kappa shape index (κ2) is 7.95. The minimum absolute atomic E-state index is 0.292. The van der Waals surface area contributed by atoms with Gasteiger partial charge in [-0.3, -0.25) is 28.7 Å². The first-order chi connectivity index (χ1) is 12.2. The molecule has 4 atom stereocenters. The highest BCUT2D eigenvalue weighted by molar-refractivity contribution is 5.67. The van der Waals surface area contributed by atoms with E-state index < -0.39 is 53.7 Å². The van der Waals surface area contributed by atoms with Crippen LogP contribution in [0.15, 0.2) is 21.9 Å². The Morgan fingerprint density at radius 1 is 1.08 bits per heavy atom. The molecule has 1 aromatic rings. The van der Waals surface area contributed by atoms with Gasteiger partial charge in [0.15, 0.2) is 18.4 Å². The van der Waals surface area contributed by atoms with Gasteiger partial charge in [0, 0.05) is 33.0 Å². The van der Waals surface area contributed by atoms with Crippen molar-refractivity contribution < 1.29 is 33.3 Å². The highest BCUT2D eigenvalue weighted by Gasteiger charge is 2.50. The van der Waals surface area contributed by atoms with Gasteiger partial charge in [-0.1, -0.05) is 0 Å². The van der Waals surface area contributed by atoms with Crippen LogP contribution >= 0.6 is 0 Å². The number of hydrogen-bond acceptors (Lipinski definition) is 9. The average molecular weight is 370 g/mol. The maximum Gasteiger partial charge on any atom is 0.330 e. The molecule has 1 fully saturated rings. The molecule has 1 saturated heterocycles. The number of aromatic amines is 1. The topological polar surface area (TPSA) is 143 Å². The maximum atomic E-state index is 12.1. The van der Waals surface area contributed by atoms with Crippen LogP contribution < -0.4 is 11.2 Å². The Labute approximate surface area is 146 Å². The number of esters is 3. The minimum Gasteiger partial charge on any atom is -0.463 e. The van der Waals surface area contributed by atoms with Gasteiger partial charge in [0.25, 0.3) is 5.56 Å². The van der Waals surface area contributed by atoms with Crippen LogP contribution in [-0.4, -0.2) is 52.4 Å². The van der Waals surface area contributed by atoms with Crippen LogP contribution in [0.3, 0.4) is 0 Å². The monoisotopic (exact) mass is 370 g/mol. The van der Waals surface area contributed by atoms with E-state index in [1.165, 1.54) is 6.92 Å². The van der Waals surface area contributed by atoms with Crippen molar-refractivity contribution in [1.29, 1.82) is 0 Å². The fourth-order valence-corrected chi connectivity index (χ4v) is 2.54. The SMILES string of the molecule is CC(=O)OC[C@@H]1O[C@H](n2ccc(=O)[nH]c2=O)C(OC(C)=O)C1OC(C)=O. The maximum absolute atomic E-state index is 12.1. The Morgan fingerprint density at radius 3 is 2.23 bits per heavy atom. The van der Waals surface area contributed by atoms with Crippen LogP contribution in [0.2, 0.25) is 0 Å². The molecule has 1 aliphatic heterocycles. The number of rotatable bonds is 5. The summed E-state index contributed by atoms with van der Waals surface area (Å²) in [5, 5.41) is 0. The predicted octanol–water partition coefficient (Wildman–Crippen LogP) is -1.14. The molecule has 0 aliphatic carbocycles. The van der Waals surface area contributed by atoms with Crippen molar-refractivity contribution in [3.8, 4) is 0 Å². The van der Waals surface area contributed by atoms with Crippen molar-refractivity contribution in [2.75, 3.05) is 6.61 Å². The van der Waals surface area contributed by atoms with Gasteiger partial charge in [-0.05, 0) is 0 Å². The Hall–Kier alpha value is -2.95. The number of nitrogens with one attached hydrogen (secondary N) is 1. The molecule has 1 N–H and O–H groups in total. The molecule has 1 aliphatic rings. The third-order valence-electron chi connectivity index (χ3n) is 3.47. The van der Waals surface area contributed by atoms with E-state index in [0.29, 0.717) is 0 Å². The van der Waals surface area contributed by atoms with Crippen molar-refractivity contribution in [1.82, 2.24) is 9.55 Å². The van der Waals surface area contributed by atoms with Crippen LogP contribution in [0.25, 0.3) is 0 Å². The third kappa shape index (κ3) is 4.57. The quantitative estimate of drug-likeness (QED) is 0.502. The summed E-state index contributed by atoms with van der Waals surface area (Å²) in [6.45, 7) is 3.17. The number of nitrogens with zero attached hydrogens (tertiary/aromatic N) is 1. The second-order valence-electron chi connectivity index (χ2n) is 5.53. The lowest BCUT2D eigenvalue weighted by molar-refractivity contribution is -0.166. The summed E-state index contributed by atoms with van der Waals surface area (Å²) < 4.78 is 21.9. The van der Waals surface area contributed by atoms with Gasteiger partial charge in [0.1, 0.15) is 12.7 Å². The molecule has 0 radical (unpaired) electrons. The number of ether oxygens (including phenoxy) is 4. The largest absolute Gasteiger partial charge is 0.463 e. The molecule has 0 aromatic carbocycles. The van der Waals surface area contributed by atoms with E-state index in [9.17, 15) is 24.0 Å². The normalized spacial score (nSPS) is 24.7. The lowest BCUT2D eigenvalue weighted by atomic mass is 10.1. The van der Waals surface area contributed by atoms with Crippen LogP contribution in [0.4, 0.5) is 0 Å². The van der Waals surface area contributed by atoms with Crippen molar-refractivity contribution >= 4 is 17.9 Å². The minimum atomic E-state index is -1.20. The van der Waals surface area contributed by atoms with Crippen LogP contribution in [0.1, 0.15) is 27.0 Å². The second-order valence-corrected chi connectivity index (χ2v) is 5.53. The van der Waals surface area contributed by atoms with E-state index in [-0.39, 0.29) is 6.61 Å². The first-order valence-electron chi connectivity index (χ1n) is 7.63. The summed E-state index contributed by atoms with van der Waals surface area (Å²) in [5.74, 6) is -1.98. The first kappa shape index (κ1) is 19.4. The first-order valence-corrected chi connectivity index (χ1v) is 7.63. The number of H-pyrrole nitrogens is 1. The zero-order valence-corrected chi connectivity index (χ0v) is 14.3. The summed E-state index contributed by atoms with van der Waals surface area (Å²) >= 11 is 0. The van der Waals surface area contributed by atoms with Gasteiger partial charge in [-0.25, -0.2) is 4.79 Å². The lowest BCUT2D eigenvalue weighted by Gasteiger charge is -2.23. The molecule has 2 heterocycles. The van der Waals surface area contributed by atoms with Gasteiger partial charge in [0.05, 0.1) is 0 Å². The third-order valence-corrected chi connectivity index (χ3v) is 3.47. The highest BCUT2D eigenvalue weighted by Crippen LogP contribution is 2.33. The van der Waals surface area contributed by atoms with Gasteiger partial charge >= 0.3 is 23.6 Å². The number of carbonyl (C=O) groups excluding carboxylic acids is 3. The number of hydrogen-bond donors (Lipinski definition) is 1. The summed E-state index contributed by atoms with van der Waals surface area (Å²) in [7, 11) is 0. The Kier molecular flexibility index (Phi) is 5.93. The van der Waals surface area contributed by atoms with E-state index in [1.807, 2.05) is 4.98 Å². The molecular weight excluding hydrogens is 352 g/mol. The van der Waals surface area contributed by atoms with Crippen LogP contribution in [0.5, 0.6) is 0 Å². The molecule has 0 spiro atoms. The molecule has 0 saturated carbocycles. The molecule has 26 heavy (non-hydrogen) atoms. The van der Waals surface area contributed by atoms with Gasteiger partial charge in [-0.2, -0.15) is 0 Å². The molecule has 2 unspecified atom stereocenters. The van der Waals surface area contributed by atoms with Gasteiger partial charge in [-0.15, -0.1) is 0 Å². The van der Waals surface area contributed by atoms with Crippen LogP contribution in [-0.2, 0) is 33.3 Å². The number of carbonyl (C=O) groups is 3. The fraction of sp³-hybridized carbons (Fsp3) is 0.533. The summed E-state index contributed by atoms with van der Waals surface area (Å²) in [5.41, 5.74) is -1.43. The molecule has 1 aromatic heterocycles. The lowest BCUT2D eigenvalue weighted by Crippen LogP contribution is -2.42. The van der Waals surface area contributed by atoms with E-state index in [1.54, 1.807) is 0 Å². The zero-order chi connectivity index (χ0) is 19.4. The molecule has 2 rings (SSSR count). The molecule has 0 bridgehead atoms. The van der Waals surface area contributed by atoms with Crippen molar-refractivity contribution in [3.63, 3.8) is 0 Å². The summed E-state index contributed by atoms with van der Waals surface area (Å²) in [4.78, 5) is 59.3.